The van der Waals surface area contributed by atoms with Crippen LogP contribution in [0.4, 0.5) is 16.2 Å². The van der Waals surface area contributed by atoms with Crippen molar-refractivity contribution in [1.29, 1.82) is 0 Å². The monoisotopic (exact) mass is 516 g/mol. The molecular formula is C28H24N2O6S. The predicted octanol–water partition coefficient (Wildman–Crippen LogP) is 5.86. The van der Waals surface area contributed by atoms with Gasteiger partial charge in [0.25, 0.3) is 0 Å². The minimum atomic E-state index is -4.34. The van der Waals surface area contributed by atoms with E-state index in [4.69, 9.17) is 8.92 Å². The summed E-state index contributed by atoms with van der Waals surface area (Å²) in [5.41, 5.74) is 2.78. The van der Waals surface area contributed by atoms with Gasteiger partial charge in [0.15, 0.2) is 5.75 Å². The zero-order valence-electron chi connectivity index (χ0n) is 20.1. The summed E-state index contributed by atoms with van der Waals surface area (Å²) in [5.74, 6) is -1.07. The molecule has 4 aromatic carbocycles. The molecule has 0 aliphatic heterocycles. The summed E-state index contributed by atoms with van der Waals surface area (Å²) in [6, 6.07) is 26.1. The van der Waals surface area contributed by atoms with Crippen molar-refractivity contribution >= 4 is 33.5 Å². The molecule has 4 aromatic rings. The lowest BCUT2D eigenvalue weighted by Gasteiger charge is -2.15. The molecule has 0 aromatic heterocycles. The first-order chi connectivity index (χ1) is 17.8. The normalized spacial score (nSPS) is 10.9. The highest BCUT2D eigenvalue weighted by atomic mass is 32.2. The van der Waals surface area contributed by atoms with E-state index < -0.39 is 22.1 Å². The fourth-order valence-electron chi connectivity index (χ4n) is 3.67. The maximum Gasteiger partial charge on any atom is 0.341 e. The number of carbonyl (C=O) groups excluding carboxylic acids is 2. The maximum absolute atomic E-state index is 13.3. The maximum atomic E-state index is 13.3. The first-order valence-electron chi connectivity index (χ1n) is 11.2. The second-order valence-electron chi connectivity index (χ2n) is 8.05. The van der Waals surface area contributed by atoms with Crippen LogP contribution in [0.25, 0.3) is 11.1 Å². The van der Waals surface area contributed by atoms with Crippen LogP contribution in [0.3, 0.4) is 0 Å². The first kappa shape index (κ1) is 25.5. The molecule has 2 N–H and O–H groups in total. The predicted molar refractivity (Wildman–Crippen MR) is 141 cm³/mol. The van der Waals surface area contributed by atoms with Crippen LogP contribution in [-0.2, 0) is 14.9 Å². The number of rotatable bonds is 7. The number of amides is 2. The van der Waals surface area contributed by atoms with Gasteiger partial charge in [-0.3, -0.25) is 0 Å². The Morgan fingerprint density at radius 3 is 2.14 bits per heavy atom. The molecule has 0 saturated carbocycles. The van der Waals surface area contributed by atoms with Crippen LogP contribution in [-0.4, -0.2) is 27.5 Å². The van der Waals surface area contributed by atoms with E-state index in [1.807, 2.05) is 25.1 Å². The third kappa shape index (κ3) is 6.14. The SMILES string of the molecule is COC(=O)c1cc(NC(=O)Nc2cccc(C)c2)ccc1OS(=O)(=O)c1ccccc1-c1ccccc1. The number of hydrogen-bond donors (Lipinski definition) is 2. The lowest BCUT2D eigenvalue weighted by atomic mass is 10.1. The van der Waals surface area contributed by atoms with Gasteiger partial charge in [-0.15, -0.1) is 0 Å². The number of aryl methyl sites for hydroxylation is 1. The van der Waals surface area contributed by atoms with E-state index in [0.717, 1.165) is 12.7 Å². The van der Waals surface area contributed by atoms with Gasteiger partial charge >= 0.3 is 22.1 Å². The third-order valence-corrected chi connectivity index (χ3v) is 6.65. The minimum absolute atomic E-state index is 0.0586. The number of methoxy groups -OCH3 is 1. The number of nitrogens with one attached hydrogen (secondary N) is 2. The van der Waals surface area contributed by atoms with Crippen molar-refractivity contribution in [2.45, 2.75) is 11.8 Å². The molecule has 0 unspecified atom stereocenters. The Labute approximate surface area is 215 Å². The second-order valence-corrected chi connectivity index (χ2v) is 9.57. The van der Waals surface area contributed by atoms with Gasteiger partial charge in [0.2, 0.25) is 0 Å². The smallest absolute Gasteiger partial charge is 0.341 e. The molecule has 0 fully saturated rings. The molecule has 188 valence electrons. The van der Waals surface area contributed by atoms with E-state index >= 15 is 0 Å². The molecule has 0 spiro atoms. The van der Waals surface area contributed by atoms with E-state index in [1.54, 1.807) is 54.6 Å². The van der Waals surface area contributed by atoms with Crippen LogP contribution in [0.2, 0.25) is 0 Å². The quantitative estimate of drug-likeness (QED) is 0.235. The van der Waals surface area contributed by atoms with Gasteiger partial charge in [-0.05, 0) is 54.4 Å². The van der Waals surface area contributed by atoms with Crippen molar-refractivity contribution in [1.82, 2.24) is 0 Å². The topological polar surface area (TPSA) is 111 Å². The molecule has 0 bridgehead atoms. The summed E-state index contributed by atoms with van der Waals surface area (Å²) >= 11 is 0. The average Bonchev–Trinajstić information content (AvgIpc) is 2.89. The summed E-state index contributed by atoms with van der Waals surface area (Å²) in [6.45, 7) is 1.90. The summed E-state index contributed by atoms with van der Waals surface area (Å²) in [4.78, 5) is 24.9. The van der Waals surface area contributed by atoms with Crippen LogP contribution >= 0.6 is 0 Å². The van der Waals surface area contributed by atoms with Gasteiger partial charge in [0.05, 0.1) is 7.11 Å². The molecule has 0 saturated heterocycles. The summed E-state index contributed by atoms with van der Waals surface area (Å²) in [7, 11) is -3.18. The molecule has 4 rings (SSSR count). The summed E-state index contributed by atoms with van der Waals surface area (Å²) < 4.78 is 36.8. The van der Waals surface area contributed by atoms with Crippen molar-refractivity contribution in [3.63, 3.8) is 0 Å². The largest absolute Gasteiger partial charge is 0.465 e. The summed E-state index contributed by atoms with van der Waals surface area (Å²) in [6.07, 6.45) is 0. The fraction of sp³-hybridized carbons (Fsp3) is 0.0714. The van der Waals surface area contributed by atoms with E-state index in [2.05, 4.69) is 10.6 Å². The molecule has 2 amide bonds. The van der Waals surface area contributed by atoms with Crippen molar-refractivity contribution in [3.8, 4) is 16.9 Å². The van der Waals surface area contributed by atoms with Gasteiger partial charge in [-0.1, -0.05) is 60.7 Å². The van der Waals surface area contributed by atoms with Crippen LogP contribution in [0, 0.1) is 6.92 Å². The first-order valence-corrected chi connectivity index (χ1v) is 12.6. The van der Waals surface area contributed by atoms with E-state index in [9.17, 15) is 18.0 Å². The lowest BCUT2D eigenvalue weighted by molar-refractivity contribution is 0.0599. The molecule has 0 heterocycles. The van der Waals surface area contributed by atoms with Gasteiger partial charge in [-0.2, -0.15) is 8.42 Å². The molecular weight excluding hydrogens is 492 g/mol. The van der Waals surface area contributed by atoms with Gasteiger partial charge in [0.1, 0.15) is 10.5 Å². The second kappa shape index (κ2) is 11.0. The molecule has 0 atom stereocenters. The van der Waals surface area contributed by atoms with E-state index in [0.29, 0.717) is 16.8 Å². The van der Waals surface area contributed by atoms with E-state index in [1.165, 1.54) is 24.3 Å². The highest BCUT2D eigenvalue weighted by molar-refractivity contribution is 7.87. The zero-order chi connectivity index (χ0) is 26.4. The lowest BCUT2D eigenvalue weighted by Crippen LogP contribution is -2.20. The Morgan fingerprint density at radius 2 is 1.43 bits per heavy atom. The highest BCUT2D eigenvalue weighted by Crippen LogP contribution is 2.32. The van der Waals surface area contributed by atoms with Crippen LogP contribution < -0.4 is 14.8 Å². The number of urea groups is 1. The van der Waals surface area contributed by atoms with Crippen molar-refractivity contribution in [2.24, 2.45) is 0 Å². The number of ether oxygens (including phenoxy) is 1. The Morgan fingerprint density at radius 1 is 0.757 bits per heavy atom. The van der Waals surface area contributed by atoms with Crippen molar-refractivity contribution in [2.75, 3.05) is 17.7 Å². The van der Waals surface area contributed by atoms with E-state index in [-0.39, 0.29) is 21.9 Å². The van der Waals surface area contributed by atoms with Crippen LogP contribution in [0.5, 0.6) is 5.75 Å². The van der Waals surface area contributed by atoms with Crippen LogP contribution in [0.15, 0.2) is 102 Å². The molecule has 9 heteroatoms. The standard InChI is InChI=1S/C28H24N2O6S/c1-19-9-8-12-21(17-19)29-28(32)30-22-15-16-25(24(18-22)27(31)35-2)36-37(33,34)26-14-7-6-13-23(26)20-10-4-3-5-11-20/h3-18H,1-2H3,(H2,29,30,32). The number of esters is 1. The zero-order valence-corrected chi connectivity index (χ0v) is 20.9. The van der Waals surface area contributed by atoms with Gasteiger partial charge < -0.3 is 19.6 Å². The summed E-state index contributed by atoms with van der Waals surface area (Å²) in [5, 5.41) is 5.32. The highest BCUT2D eigenvalue weighted by Gasteiger charge is 2.25. The van der Waals surface area contributed by atoms with Gasteiger partial charge in [0, 0.05) is 16.9 Å². The Balaban J connectivity index is 1.61. The number of benzene rings is 4. The Hall–Kier alpha value is -4.63. The number of hydrogen-bond acceptors (Lipinski definition) is 6. The van der Waals surface area contributed by atoms with Gasteiger partial charge in [-0.25, -0.2) is 9.59 Å². The average molecular weight is 517 g/mol. The third-order valence-electron chi connectivity index (χ3n) is 5.36. The minimum Gasteiger partial charge on any atom is -0.465 e. The molecule has 37 heavy (non-hydrogen) atoms. The Bertz CT molecular complexity index is 1550. The van der Waals surface area contributed by atoms with Crippen LogP contribution in [0.1, 0.15) is 15.9 Å². The van der Waals surface area contributed by atoms with Crippen molar-refractivity contribution < 1.29 is 26.9 Å². The Kier molecular flexibility index (Phi) is 7.55. The molecule has 0 radical (unpaired) electrons. The van der Waals surface area contributed by atoms with Crippen molar-refractivity contribution in [3.05, 3.63) is 108 Å². The molecule has 0 aliphatic carbocycles. The number of carbonyl (C=O) groups is 2. The number of anilines is 2. The fourth-order valence-corrected chi connectivity index (χ4v) is 4.84. The molecule has 8 nitrogen and oxygen atoms in total. The molecule has 0 aliphatic rings.